The Labute approximate surface area is 244 Å². The molecule has 12 heteroatoms. The molecule has 0 spiro atoms. The van der Waals surface area contributed by atoms with Crippen LogP contribution in [0.15, 0.2) is 29.4 Å². The fraction of sp³-hybridized carbons (Fsp3) is 0.800. The molecule has 1 aromatic heterocycles. The highest BCUT2D eigenvalue weighted by Crippen LogP contribution is 2.38. The molecule has 3 aliphatic carbocycles. The molecule has 9 unspecified atom stereocenters. The Hall–Kier alpha value is -3.45. The van der Waals surface area contributed by atoms with Crippen molar-refractivity contribution in [1.82, 2.24) is 13.7 Å². The summed E-state index contributed by atoms with van der Waals surface area (Å²) < 4.78 is 3.83. The highest BCUT2D eigenvalue weighted by atomic mass is 16.2. The molecule has 0 aliphatic heterocycles. The summed E-state index contributed by atoms with van der Waals surface area (Å²) in [5, 5.41) is 0. The van der Waals surface area contributed by atoms with Crippen LogP contribution in [0.5, 0.6) is 0 Å². The lowest BCUT2D eigenvalue weighted by molar-refractivity contribution is 0.166. The molecule has 42 heavy (non-hydrogen) atoms. The number of aliphatic imine (C=N–C) groups is 3. The summed E-state index contributed by atoms with van der Waals surface area (Å²) in [5.41, 5.74) is -1.85. The quantitative estimate of drug-likeness (QED) is 0.320. The topological polar surface area (TPSA) is 154 Å². The average Bonchev–Trinajstić information content (AvgIpc) is 2.98. The van der Waals surface area contributed by atoms with Gasteiger partial charge in [0.25, 0.3) is 0 Å². The van der Waals surface area contributed by atoms with Crippen molar-refractivity contribution >= 4 is 18.2 Å². The maximum absolute atomic E-state index is 14.3. The van der Waals surface area contributed by atoms with E-state index in [1.165, 1.54) is 13.7 Å². The zero-order chi connectivity index (χ0) is 30.4. The van der Waals surface area contributed by atoms with Crippen LogP contribution in [0.3, 0.4) is 0 Å². The van der Waals surface area contributed by atoms with Crippen molar-refractivity contribution in [1.29, 1.82) is 0 Å². The van der Waals surface area contributed by atoms with Crippen molar-refractivity contribution in [2.75, 3.05) is 0 Å². The van der Waals surface area contributed by atoms with Crippen molar-refractivity contribution < 1.29 is 14.4 Å². The van der Waals surface area contributed by atoms with Gasteiger partial charge in [0.15, 0.2) is 0 Å². The summed E-state index contributed by atoms with van der Waals surface area (Å²) in [7, 11) is 0. The van der Waals surface area contributed by atoms with Gasteiger partial charge in [-0.2, -0.15) is 0 Å². The fourth-order valence-electron chi connectivity index (χ4n) is 7.83. The van der Waals surface area contributed by atoms with Gasteiger partial charge < -0.3 is 0 Å². The number of rotatable bonds is 9. The molecule has 0 radical (unpaired) electrons. The van der Waals surface area contributed by atoms with Crippen molar-refractivity contribution in [2.24, 2.45) is 32.7 Å². The first-order valence-electron chi connectivity index (χ1n) is 15.4. The minimum atomic E-state index is -0.621. The predicted octanol–water partition coefficient (Wildman–Crippen LogP) is 3.54. The molecule has 3 aliphatic rings. The molecule has 3 fully saturated rings. The van der Waals surface area contributed by atoms with Crippen LogP contribution >= 0.6 is 0 Å². The minimum absolute atomic E-state index is 0.00387. The van der Waals surface area contributed by atoms with Gasteiger partial charge in [-0.25, -0.2) is 57.4 Å². The van der Waals surface area contributed by atoms with Crippen molar-refractivity contribution in [3.8, 4) is 0 Å². The molecule has 0 N–H and O–H groups in total. The van der Waals surface area contributed by atoms with Gasteiger partial charge in [0.2, 0.25) is 18.2 Å². The second kappa shape index (κ2) is 14.1. The van der Waals surface area contributed by atoms with E-state index in [0.29, 0.717) is 38.5 Å². The van der Waals surface area contributed by atoms with Crippen LogP contribution in [0, 0.1) is 17.8 Å². The number of isocyanates is 3. The van der Waals surface area contributed by atoms with E-state index in [2.05, 4.69) is 15.0 Å². The van der Waals surface area contributed by atoms with E-state index in [-0.39, 0.29) is 29.8 Å². The molecule has 0 amide bonds. The number of aromatic nitrogens is 3. The normalized spacial score (nSPS) is 30.1. The third-order valence-electron chi connectivity index (χ3n) is 10.2. The third-order valence-corrected chi connectivity index (χ3v) is 10.2. The number of hydrogen-bond acceptors (Lipinski definition) is 9. The van der Waals surface area contributed by atoms with Crippen LogP contribution in [0.1, 0.15) is 116 Å². The molecule has 12 nitrogen and oxygen atoms in total. The van der Waals surface area contributed by atoms with E-state index < -0.39 is 41.2 Å². The molecule has 228 valence electrons. The Bertz CT molecular complexity index is 1360. The standard InChI is InChI=1S/C30H42N6O6/c1-19(31-16-37)22-8-6-10-24(14-22)34-28(40)35(25-11-7-9-23(15-25)20(2)32-17-38)30(42)36(29(34)41)27-13-5-4-12-26(27)21(3)33-18-39/h19-27H,4-15H2,1-3H3. The van der Waals surface area contributed by atoms with Crippen molar-refractivity contribution in [2.45, 2.75) is 134 Å². The third kappa shape index (κ3) is 6.46. The zero-order valence-electron chi connectivity index (χ0n) is 24.8. The van der Waals surface area contributed by atoms with Gasteiger partial charge in [-0.3, -0.25) is 0 Å². The monoisotopic (exact) mass is 582 g/mol. The molecule has 3 saturated carbocycles. The van der Waals surface area contributed by atoms with E-state index >= 15 is 0 Å². The largest absolute Gasteiger partial charge is 0.336 e. The van der Waals surface area contributed by atoms with E-state index in [0.717, 1.165) is 38.5 Å². The van der Waals surface area contributed by atoms with Gasteiger partial charge in [0.1, 0.15) is 0 Å². The van der Waals surface area contributed by atoms with Crippen LogP contribution in [0.4, 0.5) is 0 Å². The van der Waals surface area contributed by atoms with Gasteiger partial charge in [-0.1, -0.05) is 25.7 Å². The van der Waals surface area contributed by atoms with Crippen LogP contribution < -0.4 is 17.1 Å². The lowest BCUT2D eigenvalue weighted by Gasteiger charge is -2.37. The molecule has 1 aromatic rings. The predicted molar refractivity (Wildman–Crippen MR) is 155 cm³/mol. The first-order valence-corrected chi connectivity index (χ1v) is 15.4. The molecular weight excluding hydrogens is 540 g/mol. The molecule has 9 atom stereocenters. The van der Waals surface area contributed by atoms with E-state index in [1.54, 1.807) is 25.2 Å². The molecule has 0 aromatic carbocycles. The highest BCUT2D eigenvalue weighted by molar-refractivity contribution is 5.34. The van der Waals surface area contributed by atoms with Crippen molar-refractivity contribution in [3.05, 3.63) is 31.5 Å². The van der Waals surface area contributed by atoms with Crippen molar-refractivity contribution in [3.63, 3.8) is 0 Å². The summed E-state index contributed by atoms with van der Waals surface area (Å²) in [5.74, 6) is -0.237. The fourth-order valence-corrected chi connectivity index (χ4v) is 7.83. The SMILES string of the molecule is CC(N=C=O)C1CCCC(n2c(=O)n(C3CCCC(C(C)N=C=O)C3)c(=O)n(C3CCCCC3C(C)N=C=O)c2=O)C1. The summed E-state index contributed by atoms with van der Waals surface area (Å²) in [6, 6.07) is -2.43. The Morgan fingerprint density at radius 3 is 1.48 bits per heavy atom. The number of carbonyl (C=O) groups excluding carboxylic acids is 3. The van der Waals surface area contributed by atoms with E-state index in [4.69, 9.17) is 0 Å². The second-order valence-electron chi connectivity index (χ2n) is 12.5. The molecule has 0 bridgehead atoms. The Morgan fingerprint density at radius 1 is 0.571 bits per heavy atom. The molecule has 0 saturated heterocycles. The smallest absolute Gasteiger partial charge is 0.247 e. The molecule has 1 heterocycles. The Kier molecular flexibility index (Phi) is 10.6. The summed E-state index contributed by atoms with van der Waals surface area (Å²) in [6.45, 7) is 5.48. The lowest BCUT2D eigenvalue weighted by atomic mass is 9.80. The summed E-state index contributed by atoms with van der Waals surface area (Å²) in [6.07, 6.45) is 13.1. The van der Waals surface area contributed by atoms with Crippen LogP contribution in [-0.2, 0) is 14.4 Å². The van der Waals surface area contributed by atoms with Gasteiger partial charge in [-0.05, 0) is 84.0 Å². The first-order chi connectivity index (χ1) is 20.2. The minimum Gasteiger partial charge on any atom is -0.247 e. The van der Waals surface area contributed by atoms with Gasteiger partial charge in [0.05, 0.1) is 18.1 Å². The van der Waals surface area contributed by atoms with Gasteiger partial charge in [0, 0.05) is 24.0 Å². The Balaban J connectivity index is 1.89. The maximum Gasteiger partial charge on any atom is 0.336 e. The lowest BCUT2D eigenvalue weighted by Crippen LogP contribution is -2.59. The van der Waals surface area contributed by atoms with Crippen LogP contribution in [0.2, 0.25) is 0 Å². The summed E-state index contributed by atoms with van der Waals surface area (Å²) >= 11 is 0. The number of hydrogen-bond donors (Lipinski definition) is 0. The Morgan fingerprint density at radius 2 is 1.00 bits per heavy atom. The second-order valence-corrected chi connectivity index (χ2v) is 12.5. The van der Waals surface area contributed by atoms with E-state index in [9.17, 15) is 28.8 Å². The highest BCUT2D eigenvalue weighted by Gasteiger charge is 2.38. The first kappa shape index (κ1) is 31.5. The average molecular weight is 583 g/mol. The molecule has 4 rings (SSSR count). The zero-order valence-corrected chi connectivity index (χ0v) is 24.8. The number of nitrogens with zero attached hydrogens (tertiary/aromatic N) is 6. The maximum atomic E-state index is 14.3. The van der Waals surface area contributed by atoms with Crippen LogP contribution in [0.25, 0.3) is 0 Å². The molecular formula is C30H42N6O6. The van der Waals surface area contributed by atoms with Gasteiger partial charge in [-0.15, -0.1) is 0 Å². The van der Waals surface area contributed by atoms with E-state index in [1.807, 2.05) is 13.8 Å². The van der Waals surface area contributed by atoms with Crippen LogP contribution in [-0.4, -0.2) is 50.1 Å². The summed E-state index contributed by atoms with van der Waals surface area (Å²) in [4.78, 5) is 87.6. The van der Waals surface area contributed by atoms with Gasteiger partial charge >= 0.3 is 17.1 Å².